The van der Waals surface area contributed by atoms with E-state index in [1.165, 1.54) is 92.2 Å². The SMILES string of the molecule is CC1(C)c2ccccc2-c2ccc(N(c3ccc(-c4ccc5c(c4)c4ccccc4n5-c4ccccc4)cc3)c3ccccc3-c3cccc4c3sc3ccccc34)cc21. The zero-order valence-electron chi connectivity index (χ0n) is 33.4. The zero-order valence-corrected chi connectivity index (χ0v) is 34.2. The second kappa shape index (κ2) is 13.4. The van der Waals surface area contributed by atoms with Crippen molar-refractivity contribution in [2.45, 2.75) is 19.3 Å². The van der Waals surface area contributed by atoms with E-state index in [0.717, 1.165) is 17.1 Å². The minimum absolute atomic E-state index is 0.123. The Morgan fingerprint density at radius 3 is 1.92 bits per heavy atom. The van der Waals surface area contributed by atoms with Gasteiger partial charge in [-0.1, -0.05) is 153 Å². The van der Waals surface area contributed by atoms with Crippen molar-refractivity contribution in [1.82, 2.24) is 4.57 Å². The summed E-state index contributed by atoms with van der Waals surface area (Å²) in [6, 6.07) is 76.1. The van der Waals surface area contributed by atoms with Crippen LogP contribution in [0.3, 0.4) is 0 Å². The van der Waals surface area contributed by atoms with Crippen LogP contribution in [-0.4, -0.2) is 4.57 Å². The number of rotatable bonds is 6. The molecule has 0 saturated carbocycles. The molecule has 3 heteroatoms. The van der Waals surface area contributed by atoms with Crippen LogP contribution in [0, 0.1) is 0 Å². The molecule has 2 heterocycles. The Morgan fingerprint density at radius 1 is 0.417 bits per heavy atom. The third-order valence-corrected chi connectivity index (χ3v) is 14.0. The van der Waals surface area contributed by atoms with Crippen LogP contribution in [0.25, 0.3) is 81.0 Å². The summed E-state index contributed by atoms with van der Waals surface area (Å²) in [6.07, 6.45) is 0. The summed E-state index contributed by atoms with van der Waals surface area (Å²) in [7, 11) is 0. The van der Waals surface area contributed by atoms with E-state index in [-0.39, 0.29) is 5.41 Å². The van der Waals surface area contributed by atoms with Gasteiger partial charge in [0.2, 0.25) is 0 Å². The van der Waals surface area contributed by atoms with Gasteiger partial charge < -0.3 is 9.47 Å². The lowest BCUT2D eigenvalue weighted by atomic mass is 9.82. The number of para-hydroxylation sites is 3. The lowest BCUT2D eigenvalue weighted by molar-refractivity contribution is 0.660. The molecule has 2 aromatic heterocycles. The first-order valence-electron chi connectivity index (χ1n) is 20.8. The van der Waals surface area contributed by atoms with Crippen molar-refractivity contribution in [1.29, 1.82) is 0 Å². The number of thiophene rings is 1. The van der Waals surface area contributed by atoms with Gasteiger partial charge >= 0.3 is 0 Å². The van der Waals surface area contributed by atoms with Gasteiger partial charge in [0.15, 0.2) is 0 Å². The van der Waals surface area contributed by atoms with Crippen molar-refractivity contribution < 1.29 is 0 Å². The van der Waals surface area contributed by atoms with Gasteiger partial charge in [0.25, 0.3) is 0 Å². The average molecular weight is 785 g/mol. The summed E-state index contributed by atoms with van der Waals surface area (Å²) < 4.78 is 5.01. The fraction of sp³-hybridized carbons (Fsp3) is 0.0526. The maximum absolute atomic E-state index is 2.47. The minimum atomic E-state index is -0.123. The Labute approximate surface area is 353 Å². The van der Waals surface area contributed by atoms with Gasteiger partial charge in [-0.05, 0) is 100 Å². The molecule has 0 amide bonds. The molecule has 0 fully saturated rings. The van der Waals surface area contributed by atoms with Crippen LogP contribution in [0.2, 0.25) is 0 Å². The first kappa shape index (κ1) is 34.8. The molecule has 60 heavy (non-hydrogen) atoms. The standard InChI is InChI=1S/C57H40N2S/c1-57(2)50-23-10-6-17-42(50)43-33-32-41(36-51(43)57)58(52-24-11-7-18-44(52)47-21-14-22-48-46-20-9-13-26-55(46)60-56(47)48)40-30-27-37(28-31-40)38-29-34-54-49(35-38)45-19-8-12-25-53(45)59(54)39-15-4-3-5-16-39/h3-36H,1-2H3. The van der Waals surface area contributed by atoms with E-state index in [4.69, 9.17) is 0 Å². The lowest BCUT2D eigenvalue weighted by Gasteiger charge is -2.30. The van der Waals surface area contributed by atoms with Crippen LogP contribution in [-0.2, 0) is 5.41 Å². The van der Waals surface area contributed by atoms with Crippen LogP contribution in [0.15, 0.2) is 206 Å². The normalized spacial score (nSPS) is 13.0. The predicted octanol–water partition coefficient (Wildman–Crippen LogP) is 16.3. The number of benzene rings is 9. The molecule has 0 unspecified atom stereocenters. The van der Waals surface area contributed by atoms with E-state index in [2.05, 4.69) is 230 Å². The highest BCUT2D eigenvalue weighted by atomic mass is 32.1. The van der Waals surface area contributed by atoms with Gasteiger partial charge in [-0.15, -0.1) is 11.3 Å². The fourth-order valence-electron chi connectivity index (χ4n) is 9.92. The van der Waals surface area contributed by atoms with Gasteiger partial charge in [0.1, 0.15) is 0 Å². The van der Waals surface area contributed by atoms with Gasteiger partial charge in [0, 0.05) is 64.5 Å². The predicted molar refractivity (Wildman–Crippen MR) is 257 cm³/mol. The number of anilines is 3. The fourth-order valence-corrected chi connectivity index (χ4v) is 11.2. The molecule has 0 aliphatic heterocycles. The highest BCUT2D eigenvalue weighted by molar-refractivity contribution is 7.26. The molecule has 11 aromatic rings. The average Bonchev–Trinajstić information content (AvgIpc) is 3.92. The van der Waals surface area contributed by atoms with E-state index < -0.39 is 0 Å². The summed E-state index contributed by atoms with van der Waals surface area (Å²) in [4.78, 5) is 2.47. The monoisotopic (exact) mass is 784 g/mol. The van der Waals surface area contributed by atoms with E-state index in [9.17, 15) is 0 Å². The van der Waals surface area contributed by atoms with E-state index in [1.54, 1.807) is 0 Å². The molecule has 2 nitrogen and oxygen atoms in total. The Balaban J connectivity index is 1.02. The molecule has 9 aromatic carbocycles. The maximum atomic E-state index is 2.47. The van der Waals surface area contributed by atoms with Crippen LogP contribution in [0.1, 0.15) is 25.0 Å². The largest absolute Gasteiger partial charge is 0.310 e. The number of hydrogen-bond donors (Lipinski definition) is 0. The number of aromatic nitrogens is 1. The first-order valence-corrected chi connectivity index (χ1v) is 21.6. The summed E-state index contributed by atoms with van der Waals surface area (Å²) in [5.41, 5.74) is 17.1. The van der Waals surface area contributed by atoms with Crippen molar-refractivity contribution in [3.63, 3.8) is 0 Å². The summed E-state index contributed by atoms with van der Waals surface area (Å²) in [6.45, 7) is 4.73. The quantitative estimate of drug-likeness (QED) is 0.163. The molecule has 0 saturated heterocycles. The maximum Gasteiger partial charge on any atom is 0.0541 e. The first-order chi connectivity index (χ1) is 29.5. The molecule has 0 atom stereocenters. The second-order valence-corrected chi connectivity index (χ2v) is 17.6. The number of fused-ring (bicyclic) bond motifs is 9. The van der Waals surface area contributed by atoms with E-state index in [1.807, 2.05) is 11.3 Å². The highest BCUT2D eigenvalue weighted by Gasteiger charge is 2.36. The molecule has 0 N–H and O–H groups in total. The number of nitrogens with zero attached hydrogens (tertiary/aromatic N) is 2. The van der Waals surface area contributed by atoms with Crippen LogP contribution in [0.4, 0.5) is 17.1 Å². The van der Waals surface area contributed by atoms with Crippen LogP contribution < -0.4 is 4.90 Å². The van der Waals surface area contributed by atoms with Gasteiger partial charge in [-0.2, -0.15) is 0 Å². The van der Waals surface area contributed by atoms with Gasteiger partial charge in [-0.3, -0.25) is 0 Å². The minimum Gasteiger partial charge on any atom is -0.310 e. The molecular formula is C57H40N2S. The Bertz CT molecular complexity index is 3460. The smallest absolute Gasteiger partial charge is 0.0541 e. The third-order valence-electron chi connectivity index (χ3n) is 12.8. The second-order valence-electron chi connectivity index (χ2n) is 16.5. The van der Waals surface area contributed by atoms with E-state index >= 15 is 0 Å². The molecule has 12 rings (SSSR count). The Hall–Kier alpha value is -7.20. The molecule has 1 aliphatic carbocycles. The Kier molecular flexibility index (Phi) is 7.79. The summed E-state index contributed by atoms with van der Waals surface area (Å²) in [5, 5.41) is 5.13. The summed E-state index contributed by atoms with van der Waals surface area (Å²) in [5.74, 6) is 0. The van der Waals surface area contributed by atoms with Gasteiger partial charge in [-0.25, -0.2) is 0 Å². The van der Waals surface area contributed by atoms with Crippen molar-refractivity contribution in [3.05, 3.63) is 217 Å². The highest BCUT2D eigenvalue weighted by Crippen LogP contribution is 2.52. The lowest BCUT2D eigenvalue weighted by Crippen LogP contribution is -2.16. The van der Waals surface area contributed by atoms with Crippen molar-refractivity contribution in [2.24, 2.45) is 0 Å². The topological polar surface area (TPSA) is 8.17 Å². The van der Waals surface area contributed by atoms with E-state index in [0.29, 0.717) is 0 Å². The molecule has 284 valence electrons. The van der Waals surface area contributed by atoms with Crippen molar-refractivity contribution >= 4 is 70.4 Å². The molecule has 0 bridgehead atoms. The zero-order chi connectivity index (χ0) is 40.0. The third kappa shape index (κ3) is 5.26. The van der Waals surface area contributed by atoms with Crippen molar-refractivity contribution in [2.75, 3.05) is 4.90 Å². The number of hydrogen-bond acceptors (Lipinski definition) is 2. The van der Waals surface area contributed by atoms with Crippen LogP contribution in [0.5, 0.6) is 0 Å². The molecular weight excluding hydrogens is 745 g/mol. The molecule has 0 radical (unpaired) electrons. The molecule has 0 spiro atoms. The molecule has 1 aliphatic rings. The Morgan fingerprint density at radius 2 is 1.05 bits per heavy atom. The van der Waals surface area contributed by atoms with Gasteiger partial charge in [0.05, 0.1) is 16.7 Å². The van der Waals surface area contributed by atoms with Crippen LogP contribution >= 0.6 is 11.3 Å². The van der Waals surface area contributed by atoms with Crippen molar-refractivity contribution in [3.8, 4) is 39.1 Å². The summed E-state index contributed by atoms with van der Waals surface area (Å²) >= 11 is 1.89.